The van der Waals surface area contributed by atoms with Crippen molar-refractivity contribution >= 4 is 0 Å². The maximum atomic E-state index is 5.95. The molecule has 0 saturated carbocycles. The zero-order valence-electron chi connectivity index (χ0n) is 14.0. The predicted molar refractivity (Wildman–Crippen MR) is 86.4 cm³/mol. The van der Waals surface area contributed by atoms with Gasteiger partial charge in [-0.2, -0.15) is 0 Å². The van der Waals surface area contributed by atoms with Gasteiger partial charge in [-0.15, -0.1) is 0 Å². The first-order chi connectivity index (χ1) is 9.61. The van der Waals surface area contributed by atoms with Gasteiger partial charge in [0.15, 0.2) is 0 Å². The van der Waals surface area contributed by atoms with Crippen LogP contribution in [-0.4, -0.2) is 18.2 Å². The number of unbranched alkanes of at least 4 members (excludes halogenated alkanes) is 6. The number of nitrogens with two attached hydrogens (primary N) is 1. The normalized spacial score (nSPS) is 31.6. The third-order valence-corrected chi connectivity index (χ3v) is 5.12. The van der Waals surface area contributed by atoms with Gasteiger partial charge in [-0.25, -0.2) is 0 Å². The molecule has 0 aromatic rings. The zero-order chi connectivity index (χ0) is 15.0. The smallest absolute Gasteiger partial charge is 0.0597 e. The predicted octanol–water partition coefficient (Wildman–Crippen LogP) is 4.02. The molecule has 0 aromatic carbocycles. The van der Waals surface area contributed by atoms with Crippen LogP contribution in [0.25, 0.3) is 0 Å². The van der Waals surface area contributed by atoms with Gasteiger partial charge in [0.2, 0.25) is 0 Å². The molecule has 1 heterocycles. The molecule has 0 bridgehead atoms. The van der Waals surface area contributed by atoms with Crippen molar-refractivity contribution in [3.63, 3.8) is 0 Å². The van der Waals surface area contributed by atoms with Crippen molar-refractivity contribution in [2.75, 3.05) is 0 Å². The summed E-state index contributed by atoms with van der Waals surface area (Å²) in [5, 5.41) is 0. The Morgan fingerprint density at radius 1 is 0.950 bits per heavy atom. The van der Waals surface area contributed by atoms with E-state index in [1.807, 2.05) is 0 Å². The molecule has 3 N–H and O–H groups in total. The third kappa shape index (κ3) is 5.34. The van der Waals surface area contributed by atoms with E-state index in [9.17, 15) is 0 Å². The molecule has 1 rings (SSSR count). The van der Waals surface area contributed by atoms with Crippen LogP contribution in [0.2, 0.25) is 0 Å². The molecule has 0 aliphatic carbocycles. The van der Waals surface area contributed by atoms with Crippen molar-refractivity contribution in [2.45, 2.75) is 97.3 Å². The lowest BCUT2D eigenvalue weighted by Gasteiger charge is -2.28. The van der Waals surface area contributed by atoms with Crippen molar-refractivity contribution in [3.05, 3.63) is 0 Å². The van der Waals surface area contributed by atoms with E-state index < -0.39 is 0 Å². The van der Waals surface area contributed by atoms with Crippen LogP contribution in [0, 0.1) is 11.8 Å². The van der Waals surface area contributed by atoms with Gasteiger partial charge in [0.05, 0.1) is 12.2 Å². The first-order valence-electron chi connectivity index (χ1n) is 8.73. The molecule has 0 spiro atoms. The average Bonchev–Trinajstić information content (AvgIpc) is 2.68. The molecule has 0 radical (unpaired) electrons. The largest absolute Gasteiger partial charge is 0.375 e. The second-order valence-electron chi connectivity index (χ2n) is 6.67. The van der Waals surface area contributed by atoms with Crippen LogP contribution in [0.5, 0.6) is 0 Å². The molecule has 1 aliphatic heterocycles. The summed E-state index contributed by atoms with van der Waals surface area (Å²) in [6.07, 6.45) is 11.4. The van der Waals surface area contributed by atoms with Gasteiger partial charge >= 0.3 is 0 Å². The maximum Gasteiger partial charge on any atom is 0.0597 e. The summed E-state index contributed by atoms with van der Waals surface area (Å²) in [6.45, 7) is 8.95. The van der Waals surface area contributed by atoms with Crippen LogP contribution in [-0.2, 0) is 4.74 Å². The third-order valence-electron chi connectivity index (χ3n) is 5.12. The fourth-order valence-corrected chi connectivity index (χ4v) is 3.70. The SMILES string of the molecule is CCCCCCCCCC(NN)C1C(C)OC(C)C1C. The Morgan fingerprint density at radius 3 is 2.05 bits per heavy atom. The fourth-order valence-electron chi connectivity index (χ4n) is 3.70. The van der Waals surface area contributed by atoms with E-state index in [2.05, 4.69) is 33.1 Å². The second-order valence-corrected chi connectivity index (χ2v) is 6.67. The van der Waals surface area contributed by atoms with E-state index >= 15 is 0 Å². The van der Waals surface area contributed by atoms with Gasteiger partial charge in [-0.3, -0.25) is 11.3 Å². The summed E-state index contributed by atoms with van der Waals surface area (Å²) in [7, 11) is 0. The number of rotatable bonds is 10. The van der Waals surface area contributed by atoms with Crippen LogP contribution in [0.3, 0.4) is 0 Å². The minimum Gasteiger partial charge on any atom is -0.375 e. The van der Waals surface area contributed by atoms with E-state index in [1.54, 1.807) is 0 Å². The molecule has 0 amide bonds. The topological polar surface area (TPSA) is 47.3 Å². The molecule has 20 heavy (non-hydrogen) atoms. The maximum absolute atomic E-state index is 5.95. The number of ether oxygens (including phenoxy) is 1. The molecule has 1 aliphatic rings. The van der Waals surface area contributed by atoms with Gasteiger partial charge in [0.25, 0.3) is 0 Å². The van der Waals surface area contributed by atoms with Crippen LogP contribution >= 0.6 is 0 Å². The van der Waals surface area contributed by atoms with Crippen LogP contribution < -0.4 is 11.3 Å². The fraction of sp³-hybridized carbons (Fsp3) is 1.00. The van der Waals surface area contributed by atoms with Crippen molar-refractivity contribution < 1.29 is 4.74 Å². The molecule has 5 atom stereocenters. The number of nitrogens with one attached hydrogen (secondary N) is 1. The van der Waals surface area contributed by atoms with Crippen molar-refractivity contribution in [2.24, 2.45) is 17.7 Å². The Morgan fingerprint density at radius 2 is 1.55 bits per heavy atom. The molecule has 3 heteroatoms. The van der Waals surface area contributed by atoms with E-state index in [4.69, 9.17) is 10.6 Å². The minimum atomic E-state index is 0.325. The number of hydrogen-bond acceptors (Lipinski definition) is 3. The highest BCUT2D eigenvalue weighted by molar-refractivity contribution is 4.90. The number of hydrazine groups is 1. The standard InChI is InChI=1S/C17H36N2O/c1-5-6-7-8-9-10-11-12-16(19-18)17-13(2)14(3)20-15(17)4/h13-17,19H,5-12,18H2,1-4H3. The van der Waals surface area contributed by atoms with Gasteiger partial charge in [0.1, 0.15) is 0 Å². The highest BCUT2D eigenvalue weighted by Crippen LogP contribution is 2.35. The quantitative estimate of drug-likeness (QED) is 0.362. The molecule has 3 nitrogen and oxygen atoms in total. The summed E-state index contributed by atoms with van der Waals surface area (Å²) in [6, 6.07) is 0.403. The lowest BCUT2D eigenvalue weighted by molar-refractivity contribution is 0.0471. The van der Waals surface area contributed by atoms with Gasteiger partial charge in [-0.1, -0.05) is 58.8 Å². The Labute approximate surface area is 126 Å². The highest BCUT2D eigenvalue weighted by atomic mass is 16.5. The summed E-state index contributed by atoms with van der Waals surface area (Å²) in [5.74, 6) is 6.94. The zero-order valence-corrected chi connectivity index (χ0v) is 14.0. The monoisotopic (exact) mass is 284 g/mol. The summed E-state index contributed by atoms with van der Waals surface area (Å²) in [5.41, 5.74) is 3.06. The molecule has 1 fully saturated rings. The summed E-state index contributed by atoms with van der Waals surface area (Å²) < 4.78 is 5.95. The van der Waals surface area contributed by atoms with E-state index in [0.717, 1.165) is 0 Å². The Bertz CT molecular complexity index is 247. The van der Waals surface area contributed by atoms with Gasteiger partial charge in [-0.05, 0) is 26.2 Å². The first-order valence-corrected chi connectivity index (χ1v) is 8.73. The Kier molecular flexibility index (Phi) is 8.74. The average molecular weight is 284 g/mol. The van der Waals surface area contributed by atoms with Crippen LogP contribution in [0.4, 0.5) is 0 Å². The molecular weight excluding hydrogens is 248 g/mol. The first kappa shape index (κ1) is 17.9. The minimum absolute atomic E-state index is 0.325. The van der Waals surface area contributed by atoms with E-state index in [-0.39, 0.29) is 0 Å². The Balaban J connectivity index is 2.22. The van der Waals surface area contributed by atoms with E-state index in [1.165, 1.54) is 51.4 Å². The summed E-state index contributed by atoms with van der Waals surface area (Å²) in [4.78, 5) is 0. The molecule has 0 aromatic heterocycles. The van der Waals surface area contributed by atoms with Crippen LogP contribution in [0.1, 0.15) is 79.1 Å². The Hall–Kier alpha value is -0.120. The second kappa shape index (κ2) is 9.75. The molecule has 120 valence electrons. The molecule has 1 saturated heterocycles. The molecular formula is C17H36N2O. The highest BCUT2D eigenvalue weighted by Gasteiger charge is 2.40. The van der Waals surface area contributed by atoms with Crippen molar-refractivity contribution in [3.8, 4) is 0 Å². The lowest BCUT2D eigenvalue weighted by Crippen LogP contribution is -2.45. The van der Waals surface area contributed by atoms with Crippen molar-refractivity contribution in [1.29, 1.82) is 0 Å². The van der Waals surface area contributed by atoms with E-state index in [0.29, 0.717) is 30.1 Å². The number of hydrogen-bond donors (Lipinski definition) is 2. The van der Waals surface area contributed by atoms with Crippen molar-refractivity contribution in [1.82, 2.24) is 5.43 Å². The van der Waals surface area contributed by atoms with Crippen LogP contribution in [0.15, 0.2) is 0 Å². The molecule has 5 unspecified atom stereocenters. The van der Waals surface area contributed by atoms with Gasteiger partial charge in [0, 0.05) is 12.0 Å². The van der Waals surface area contributed by atoms with Gasteiger partial charge < -0.3 is 4.74 Å². The summed E-state index contributed by atoms with van der Waals surface area (Å²) >= 11 is 0. The lowest BCUT2D eigenvalue weighted by atomic mass is 9.81.